The van der Waals surface area contributed by atoms with E-state index in [1.54, 1.807) is 12.0 Å². The van der Waals surface area contributed by atoms with Crippen molar-refractivity contribution in [1.29, 1.82) is 0 Å². The summed E-state index contributed by atoms with van der Waals surface area (Å²) in [6, 6.07) is -0.512. The lowest BCUT2D eigenvalue weighted by Gasteiger charge is -2.18. The van der Waals surface area contributed by atoms with Gasteiger partial charge < -0.3 is 15.2 Å². The van der Waals surface area contributed by atoms with Gasteiger partial charge in [0.25, 0.3) is 5.56 Å². The van der Waals surface area contributed by atoms with E-state index in [1.165, 1.54) is 0 Å². The van der Waals surface area contributed by atoms with Crippen LogP contribution in [0.2, 0.25) is 0 Å². The fourth-order valence-corrected chi connectivity index (χ4v) is 2.23. The summed E-state index contributed by atoms with van der Waals surface area (Å²) < 4.78 is 43.9. The largest absolute Gasteiger partial charge is 0.481 e. The third-order valence-electron chi connectivity index (χ3n) is 3.48. The van der Waals surface area contributed by atoms with Crippen LogP contribution in [0.25, 0.3) is 0 Å². The molecule has 0 aliphatic heterocycles. The number of anilines is 1. The van der Waals surface area contributed by atoms with E-state index < -0.39 is 40.9 Å². The van der Waals surface area contributed by atoms with Crippen LogP contribution in [-0.4, -0.2) is 40.5 Å². The molecule has 1 aliphatic rings. The molecule has 3 atom stereocenters. The second kappa shape index (κ2) is 6.57. The normalized spacial score (nSPS) is 21.7. The van der Waals surface area contributed by atoms with Crippen molar-refractivity contribution in [2.24, 2.45) is 11.8 Å². The molecule has 1 aromatic heterocycles. The number of nitrogens with zero attached hydrogens (tertiary/aromatic N) is 1. The summed E-state index contributed by atoms with van der Waals surface area (Å²) in [5, 5.41) is 16.4. The van der Waals surface area contributed by atoms with Crippen molar-refractivity contribution in [3.8, 4) is 0 Å². The molecular formula is C13H16F3N3O4. The van der Waals surface area contributed by atoms with E-state index >= 15 is 0 Å². The fourth-order valence-electron chi connectivity index (χ4n) is 2.23. The average Bonchev–Trinajstić information content (AvgIpc) is 3.16. The van der Waals surface area contributed by atoms with E-state index in [4.69, 9.17) is 9.84 Å². The quantitative estimate of drug-likeness (QED) is 0.694. The first-order valence-electron chi connectivity index (χ1n) is 6.92. The minimum Gasteiger partial charge on any atom is -0.481 e. The van der Waals surface area contributed by atoms with Crippen molar-refractivity contribution in [3.05, 3.63) is 22.1 Å². The Balaban J connectivity index is 1.89. The number of carboxylic acids is 1. The maximum absolute atomic E-state index is 12.9. The summed E-state index contributed by atoms with van der Waals surface area (Å²) in [5.41, 5.74) is -3.09. The molecule has 0 saturated heterocycles. The van der Waals surface area contributed by atoms with Crippen LogP contribution in [0.15, 0.2) is 11.0 Å². The number of alkyl halides is 3. The first-order valence-corrected chi connectivity index (χ1v) is 6.92. The van der Waals surface area contributed by atoms with Gasteiger partial charge in [-0.15, -0.1) is 0 Å². The molecule has 0 spiro atoms. The number of halogens is 3. The molecule has 23 heavy (non-hydrogen) atoms. The van der Waals surface area contributed by atoms with Gasteiger partial charge in [0.2, 0.25) is 0 Å². The van der Waals surface area contributed by atoms with E-state index in [1.807, 2.05) is 0 Å². The summed E-state index contributed by atoms with van der Waals surface area (Å²) in [4.78, 5) is 22.0. The van der Waals surface area contributed by atoms with Crippen LogP contribution in [0.5, 0.6) is 0 Å². The summed E-state index contributed by atoms with van der Waals surface area (Å²) in [6.07, 6.45) is -3.36. The molecule has 10 heteroatoms. The highest BCUT2D eigenvalue weighted by Crippen LogP contribution is 2.38. The number of carboxylic acid groups (broad SMARTS) is 1. The van der Waals surface area contributed by atoms with Crippen LogP contribution in [0.1, 0.15) is 18.9 Å². The molecule has 0 aromatic carbocycles. The molecular weight excluding hydrogens is 319 g/mol. The summed E-state index contributed by atoms with van der Waals surface area (Å²) >= 11 is 0. The third-order valence-corrected chi connectivity index (χ3v) is 3.48. The lowest BCUT2D eigenvalue weighted by Crippen LogP contribution is -2.29. The number of rotatable bonds is 7. The number of aromatic amines is 1. The molecule has 7 nitrogen and oxygen atoms in total. The van der Waals surface area contributed by atoms with Crippen molar-refractivity contribution < 1.29 is 27.8 Å². The molecule has 0 amide bonds. The zero-order valence-electron chi connectivity index (χ0n) is 12.2. The third kappa shape index (κ3) is 4.44. The van der Waals surface area contributed by atoms with Crippen LogP contribution >= 0.6 is 0 Å². The number of hydrogen-bond donors (Lipinski definition) is 3. The standard InChI is InChI=1S/C13H16F3N3O4/c1-6(4-23-5-7-2-8(7)12(21)22)18-9-3-17-19-11(20)10(9)13(14,15)16/h3,6-8H,2,4-5H2,1H3,(H,21,22)(H2,18,19,20)/t6-,7?,8?/m0/s1. The number of H-pyrrole nitrogens is 1. The van der Waals surface area contributed by atoms with Gasteiger partial charge in [-0.2, -0.15) is 18.3 Å². The molecule has 1 heterocycles. The molecule has 0 radical (unpaired) electrons. The highest BCUT2D eigenvalue weighted by atomic mass is 19.4. The maximum atomic E-state index is 12.9. The second-order valence-electron chi connectivity index (χ2n) is 5.51. The second-order valence-corrected chi connectivity index (χ2v) is 5.51. The minimum atomic E-state index is -4.80. The molecule has 1 aromatic rings. The van der Waals surface area contributed by atoms with Gasteiger partial charge >= 0.3 is 12.1 Å². The lowest BCUT2D eigenvalue weighted by molar-refractivity contribution is -0.139. The average molecular weight is 335 g/mol. The van der Waals surface area contributed by atoms with Gasteiger partial charge in [0.1, 0.15) is 5.56 Å². The van der Waals surface area contributed by atoms with E-state index in [2.05, 4.69) is 10.4 Å². The Morgan fingerprint density at radius 3 is 2.87 bits per heavy atom. The molecule has 1 saturated carbocycles. The van der Waals surface area contributed by atoms with Gasteiger partial charge in [-0.1, -0.05) is 0 Å². The first kappa shape index (κ1) is 17.3. The van der Waals surface area contributed by atoms with Gasteiger partial charge in [0, 0.05) is 6.04 Å². The topological polar surface area (TPSA) is 104 Å². The van der Waals surface area contributed by atoms with Gasteiger partial charge in [-0.25, -0.2) is 5.10 Å². The predicted octanol–water partition coefficient (Wildman–Crippen LogP) is 1.33. The van der Waals surface area contributed by atoms with E-state index in [0.717, 1.165) is 6.20 Å². The number of hydrogen-bond acceptors (Lipinski definition) is 5. The predicted molar refractivity (Wildman–Crippen MR) is 73.0 cm³/mol. The number of carbonyl (C=O) groups is 1. The Morgan fingerprint density at radius 1 is 1.61 bits per heavy atom. The Kier molecular flexibility index (Phi) is 4.93. The lowest BCUT2D eigenvalue weighted by atomic mass is 10.2. The summed E-state index contributed by atoms with van der Waals surface area (Å²) in [7, 11) is 0. The van der Waals surface area contributed by atoms with Gasteiger partial charge in [0.15, 0.2) is 0 Å². The monoisotopic (exact) mass is 335 g/mol. The zero-order valence-corrected chi connectivity index (χ0v) is 12.2. The number of nitrogens with one attached hydrogen (secondary N) is 2. The van der Waals surface area contributed by atoms with Crippen LogP contribution < -0.4 is 10.9 Å². The SMILES string of the molecule is C[C@@H](COCC1CC1C(=O)O)Nc1cn[nH]c(=O)c1C(F)(F)F. The molecule has 1 fully saturated rings. The molecule has 128 valence electrons. The summed E-state index contributed by atoms with van der Waals surface area (Å²) in [6.45, 7) is 1.90. The van der Waals surface area contributed by atoms with Gasteiger partial charge in [-0.05, 0) is 19.3 Å². The first-order chi connectivity index (χ1) is 10.7. The van der Waals surface area contributed by atoms with Gasteiger partial charge in [-0.3, -0.25) is 9.59 Å². The highest BCUT2D eigenvalue weighted by Gasteiger charge is 2.43. The van der Waals surface area contributed by atoms with Crippen molar-refractivity contribution in [2.45, 2.75) is 25.6 Å². The Morgan fingerprint density at radius 2 is 2.30 bits per heavy atom. The summed E-state index contributed by atoms with van der Waals surface area (Å²) in [5.74, 6) is -1.31. The Hall–Kier alpha value is -2.10. The molecule has 2 rings (SSSR count). The van der Waals surface area contributed by atoms with Crippen LogP contribution in [-0.2, 0) is 15.7 Å². The Labute approximate surface area is 128 Å². The smallest absolute Gasteiger partial charge is 0.423 e. The van der Waals surface area contributed by atoms with Crippen molar-refractivity contribution in [2.75, 3.05) is 18.5 Å². The molecule has 2 unspecified atom stereocenters. The van der Waals surface area contributed by atoms with Crippen LogP contribution in [0.3, 0.4) is 0 Å². The molecule has 0 bridgehead atoms. The van der Waals surface area contributed by atoms with E-state index in [0.29, 0.717) is 6.42 Å². The zero-order chi connectivity index (χ0) is 17.2. The Bertz CT molecular complexity index is 632. The number of ether oxygens (including phenoxy) is 1. The van der Waals surface area contributed by atoms with Crippen molar-refractivity contribution in [3.63, 3.8) is 0 Å². The van der Waals surface area contributed by atoms with Gasteiger partial charge in [0.05, 0.1) is 31.0 Å². The van der Waals surface area contributed by atoms with Crippen molar-refractivity contribution >= 4 is 11.7 Å². The minimum absolute atomic E-state index is 0.0494. The van der Waals surface area contributed by atoms with E-state index in [9.17, 15) is 22.8 Å². The number of aromatic nitrogens is 2. The van der Waals surface area contributed by atoms with Crippen LogP contribution in [0.4, 0.5) is 18.9 Å². The maximum Gasteiger partial charge on any atom is 0.423 e. The number of aliphatic carboxylic acids is 1. The molecule has 3 N–H and O–H groups in total. The highest BCUT2D eigenvalue weighted by molar-refractivity contribution is 5.73. The van der Waals surface area contributed by atoms with Crippen molar-refractivity contribution in [1.82, 2.24) is 10.2 Å². The fraction of sp³-hybridized carbons (Fsp3) is 0.615. The van der Waals surface area contributed by atoms with E-state index in [-0.39, 0.29) is 19.1 Å². The molecule has 1 aliphatic carbocycles. The van der Waals surface area contributed by atoms with Crippen LogP contribution in [0, 0.1) is 11.8 Å².